The van der Waals surface area contributed by atoms with Gasteiger partial charge in [-0.25, -0.2) is 9.78 Å². The normalized spacial score (nSPS) is 10.5. The molecule has 190 valence electrons. The van der Waals surface area contributed by atoms with Crippen molar-refractivity contribution >= 4 is 55.9 Å². The molecule has 2 aromatic heterocycles. The van der Waals surface area contributed by atoms with Crippen molar-refractivity contribution in [3.63, 3.8) is 0 Å². The van der Waals surface area contributed by atoms with E-state index in [1.165, 1.54) is 50.0 Å². The minimum atomic E-state index is -0.861. The van der Waals surface area contributed by atoms with Gasteiger partial charge in [-0.15, -0.1) is 11.3 Å². The summed E-state index contributed by atoms with van der Waals surface area (Å²) >= 11 is 4.66. The second kappa shape index (κ2) is 11.7. The molecule has 0 saturated heterocycles. The van der Waals surface area contributed by atoms with Gasteiger partial charge < -0.3 is 23.9 Å². The third-order valence-corrected chi connectivity index (χ3v) is 6.19. The molecule has 2 amide bonds. The quantitative estimate of drug-likeness (QED) is 0.255. The Balaban J connectivity index is 1.45. The van der Waals surface area contributed by atoms with Crippen LogP contribution in [0.15, 0.2) is 69.1 Å². The van der Waals surface area contributed by atoms with E-state index in [2.05, 4.69) is 31.5 Å². The zero-order valence-corrected chi connectivity index (χ0v) is 22.0. The molecule has 4 rings (SSSR count). The molecule has 12 heteroatoms. The number of methoxy groups -OCH3 is 2. The number of nitrogens with zero attached hydrogens (tertiary/aromatic N) is 1. The van der Waals surface area contributed by atoms with Gasteiger partial charge in [-0.3, -0.25) is 14.9 Å². The Morgan fingerprint density at radius 2 is 1.81 bits per heavy atom. The van der Waals surface area contributed by atoms with E-state index in [1.807, 2.05) is 24.3 Å². The number of rotatable bonds is 9. The first-order valence-corrected chi connectivity index (χ1v) is 12.3. The van der Waals surface area contributed by atoms with E-state index >= 15 is 0 Å². The van der Waals surface area contributed by atoms with Crippen molar-refractivity contribution in [3.05, 3.63) is 76.0 Å². The van der Waals surface area contributed by atoms with Gasteiger partial charge in [-0.1, -0.05) is 28.1 Å². The molecule has 0 fully saturated rings. The summed E-state index contributed by atoms with van der Waals surface area (Å²) < 4.78 is 21.7. The van der Waals surface area contributed by atoms with E-state index in [-0.39, 0.29) is 28.5 Å². The molecular weight excluding hydrogens is 566 g/mol. The number of thiazole rings is 1. The Labute approximate surface area is 223 Å². The van der Waals surface area contributed by atoms with Crippen molar-refractivity contribution in [3.8, 4) is 22.8 Å². The molecule has 2 aromatic carbocycles. The van der Waals surface area contributed by atoms with Crippen LogP contribution in [0.2, 0.25) is 0 Å². The number of halogens is 1. The monoisotopic (exact) mass is 585 g/mol. The van der Waals surface area contributed by atoms with Crippen molar-refractivity contribution in [2.75, 3.05) is 31.5 Å². The number of furan rings is 1. The van der Waals surface area contributed by atoms with Crippen LogP contribution in [0.5, 0.6) is 11.5 Å². The first kappa shape index (κ1) is 25.9. The maximum atomic E-state index is 12.9. The number of benzene rings is 2. The van der Waals surface area contributed by atoms with Crippen molar-refractivity contribution in [2.45, 2.75) is 0 Å². The Morgan fingerprint density at radius 1 is 1.03 bits per heavy atom. The van der Waals surface area contributed by atoms with Gasteiger partial charge in [-0.05, 0) is 24.3 Å². The summed E-state index contributed by atoms with van der Waals surface area (Å²) in [6.45, 7) is -0.579. The summed E-state index contributed by atoms with van der Waals surface area (Å²) in [5.41, 5.74) is 1.62. The molecule has 0 atom stereocenters. The number of nitrogens with one attached hydrogen (secondary N) is 2. The standard InChI is InChI=1S/C25H20BrN3O7S/c1-33-20-10-16(17(11-21(20)34-2)27-23(31)19-7-4-8-35-19)24(32)36-12-22(30)29-25-28-18(13-37-25)14-5-3-6-15(26)9-14/h3-11,13H,12H2,1-2H3,(H,27,31)(H,28,29,30). The highest BCUT2D eigenvalue weighted by Crippen LogP contribution is 2.34. The predicted octanol–water partition coefficient (Wildman–Crippen LogP) is 5.23. The van der Waals surface area contributed by atoms with Crippen LogP contribution >= 0.6 is 27.3 Å². The lowest BCUT2D eigenvalue weighted by Gasteiger charge is -2.15. The Hall–Kier alpha value is -4.16. The van der Waals surface area contributed by atoms with E-state index in [1.54, 1.807) is 11.4 Å². The number of carbonyl (C=O) groups is 3. The van der Waals surface area contributed by atoms with E-state index in [0.29, 0.717) is 10.8 Å². The molecule has 10 nitrogen and oxygen atoms in total. The molecule has 4 aromatic rings. The van der Waals surface area contributed by atoms with Gasteiger partial charge in [0.15, 0.2) is 29.0 Å². The molecule has 37 heavy (non-hydrogen) atoms. The highest BCUT2D eigenvalue weighted by Gasteiger charge is 2.22. The zero-order chi connectivity index (χ0) is 26.4. The van der Waals surface area contributed by atoms with Crippen LogP contribution in [0, 0.1) is 0 Å². The topological polar surface area (TPSA) is 129 Å². The van der Waals surface area contributed by atoms with Crippen LogP contribution < -0.4 is 20.1 Å². The van der Waals surface area contributed by atoms with Gasteiger partial charge in [-0.2, -0.15) is 0 Å². The van der Waals surface area contributed by atoms with Crippen LogP contribution in [0.25, 0.3) is 11.3 Å². The van der Waals surface area contributed by atoms with Crippen molar-refractivity contribution in [1.82, 2.24) is 4.98 Å². The largest absolute Gasteiger partial charge is 0.493 e. The predicted molar refractivity (Wildman–Crippen MR) is 140 cm³/mol. The summed E-state index contributed by atoms with van der Waals surface area (Å²) in [5, 5.41) is 7.36. The van der Waals surface area contributed by atoms with E-state index < -0.39 is 24.4 Å². The lowest BCUT2D eigenvalue weighted by molar-refractivity contribution is -0.119. The van der Waals surface area contributed by atoms with Crippen LogP contribution in [-0.4, -0.2) is 43.6 Å². The molecule has 2 heterocycles. The minimum absolute atomic E-state index is 0.0409. The number of hydrogen-bond acceptors (Lipinski definition) is 9. The number of anilines is 2. The fourth-order valence-electron chi connectivity index (χ4n) is 3.22. The van der Waals surface area contributed by atoms with Crippen LogP contribution in [0.3, 0.4) is 0 Å². The second-order valence-electron chi connectivity index (χ2n) is 7.36. The number of aromatic nitrogens is 1. The Kier molecular flexibility index (Phi) is 8.21. The first-order chi connectivity index (χ1) is 17.9. The zero-order valence-electron chi connectivity index (χ0n) is 19.6. The van der Waals surface area contributed by atoms with Gasteiger partial charge in [0.2, 0.25) is 0 Å². The molecule has 0 saturated carbocycles. The molecule has 0 unspecified atom stereocenters. The van der Waals surface area contributed by atoms with Crippen molar-refractivity contribution in [1.29, 1.82) is 0 Å². The molecule has 0 bridgehead atoms. The van der Waals surface area contributed by atoms with Crippen molar-refractivity contribution in [2.24, 2.45) is 0 Å². The van der Waals surface area contributed by atoms with Crippen LogP contribution in [0.1, 0.15) is 20.9 Å². The fourth-order valence-corrected chi connectivity index (χ4v) is 4.35. The lowest BCUT2D eigenvalue weighted by Crippen LogP contribution is -2.22. The molecule has 0 aliphatic heterocycles. The minimum Gasteiger partial charge on any atom is -0.493 e. The second-order valence-corrected chi connectivity index (χ2v) is 9.13. The molecule has 0 spiro atoms. The number of esters is 1. The third kappa shape index (κ3) is 6.35. The summed E-state index contributed by atoms with van der Waals surface area (Å²) in [7, 11) is 2.82. The average molecular weight is 586 g/mol. The molecular formula is C25H20BrN3O7S. The van der Waals surface area contributed by atoms with Gasteiger partial charge in [0.05, 0.1) is 37.4 Å². The third-order valence-electron chi connectivity index (χ3n) is 4.94. The van der Waals surface area contributed by atoms with Gasteiger partial charge in [0, 0.05) is 27.5 Å². The van der Waals surface area contributed by atoms with Gasteiger partial charge in [0.25, 0.3) is 11.8 Å². The summed E-state index contributed by atoms with van der Waals surface area (Å²) in [4.78, 5) is 42.2. The van der Waals surface area contributed by atoms with Crippen LogP contribution in [-0.2, 0) is 9.53 Å². The summed E-state index contributed by atoms with van der Waals surface area (Å²) in [6, 6.07) is 13.4. The Bertz CT molecular complexity index is 1440. The van der Waals surface area contributed by atoms with Gasteiger partial charge in [0.1, 0.15) is 0 Å². The van der Waals surface area contributed by atoms with E-state index in [0.717, 1.165) is 10.0 Å². The summed E-state index contributed by atoms with van der Waals surface area (Å²) in [6.07, 6.45) is 1.35. The molecule has 2 N–H and O–H groups in total. The lowest BCUT2D eigenvalue weighted by atomic mass is 10.1. The maximum Gasteiger partial charge on any atom is 0.340 e. The van der Waals surface area contributed by atoms with Crippen molar-refractivity contribution < 1.29 is 33.0 Å². The smallest absolute Gasteiger partial charge is 0.340 e. The highest BCUT2D eigenvalue weighted by molar-refractivity contribution is 9.10. The first-order valence-electron chi connectivity index (χ1n) is 10.7. The maximum absolute atomic E-state index is 12.9. The Morgan fingerprint density at radius 3 is 2.51 bits per heavy atom. The molecule has 0 aliphatic rings. The number of hydrogen-bond donors (Lipinski definition) is 2. The fraction of sp³-hybridized carbons (Fsp3) is 0.120. The van der Waals surface area contributed by atoms with Gasteiger partial charge >= 0.3 is 5.97 Å². The number of amides is 2. The van der Waals surface area contributed by atoms with E-state index in [4.69, 9.17) is 18.6 Å². The number of ether oxygens (including phenoxy) is 3. The molecule has 0 aliphatic carbocycles. The van der Waals surface area contributed by atoms with Crippen LogP contribution in [0.4, 0.5) is 10.8 Å². The SMILES string of the molecule is COc1cc(NC(=O)c2ccco2)c(C(=O)OCC(=O)Nc2nc(-c3cccc(Br)c3)cs2)cc1OC. The van der Waals surface area contributed by atoms with E-state index in [9.17, 15) is 14.4 Å². The average Bonchev–Trinajstić information content (AvgIpc) is 3.60. The summed E-state index contributed by atoms with van der Waals surface area (Å²) in [5.74, 6) is -1.48. The molecule has 0 radical (unpaired) electrons. The number of carbonyl (C=O) groups excluding carboxylic acids is 3. The highest BCUT2D eigenvalue weighted by atomic mass is 79.9.